The molecule has 0 saturated carbocycles. The van der Waals surface area contributed by atoms with Crippen molar-refractivity contribution in [3.63, 3.8) is 0 Å². The van der Waals surface area contributed by atoms with Gasteiger partial charge in [0.05, 0.1) is 12.2 Å². The van der Waals surface area contributed by atoms with Crippen molar-refractivity contribution in [2.45, 2.75) is 37.3 Å². The number of H-pyrrole nitrogens is 1. The summed E-state index contributed by atoms with van der Waals surface area (Å²) in [4.78, 5) is 11.0. The van der Waals surface area contributed by atoms with E-state index in [2.05, 4.69) is 15.0 Å². The molecule has 112 valence electrons. The minimum absolute atomic E-state index is 0.119. The van der Waals surface area contributed by atoms with Crippen LogP contribution in [0.15, 0.2) is 35.7 Å². The maximum atomic E-state index is 12.8. The van der Waals surface area contributed by atoms with Crippen LogP contribution in [0.1, 0.15) is 37.2 Å². The molecule has 0 bridgehead atoms. The van der Waals surface area contributed by atoms with Crippen LogP contribution in [0.25, 0.3) is 0 Å². The summed E-state index contributed by atoms with van der Waals surface area (Å²) in [5.41, 5.74) is 0.987. The van der Waals surface area contributed by atoms with Crippen LogP contribution < -0.4 is 0 Å². The number of rotatable bonds is 4. The molecule has 7 heteroatoms. The van der Waals surface area contributed by atoms with E-state index >= 15 is 0 Å². The summed E-state index contributed by atoms with van der Waals surface area (Å²) in [6.07, 6.45) is 7.19. The standard InChI is InChI=1S/C14H18N4O2S/c1-2-13-16-10-14(17-13)21(19,20)18-9-3-4-12(18)11-5-7-15-8-6-11/h5-8,10,12H,2-4,9H2,1H3,(H,16,17). The van der Waals surface area contributed by atoms with Gasteiger partial charge in [0.1, 0.15) is 5.82 Å². The number of imidazole rings is 1. The number of aryl methyl sites for hydroxylation is 1. The van der Waals surface area contributed by atoms with Crippen molar-refractivity contribution in [1.29, 1.82) is 0 Å². The Kier molecular flexibility index (Phi) is 3.77. The molecule has 1 saturated heterocycles. The summed E-state index contributed by atoms with van der Waals surface area (Å²) in [5.74, 6) is 0.688. The van der Waals surface area contributed by atoms with Gasteiger partial charge in [0.15, 0.2) is 5.03 Å². The fraction of sp³-hybridized carbons (Fsp3) is 0.429. The molecule has 3 heterocycles. The van der Waals surface area contributed by atoms with E-state index in [-0.39, 0.29) is 11.1 Å². The average Bonchev–Trinajstić information content (AvgIpc) is 3.17. The second-order valence-corrected chi connectivity index (χ2v) is 6.96. The summed E-state index contributed by atoms with van der Waals surface area (Å²) in [5, 5.41) is 0.181. The highest BCUT2D eigenvalue weighted by atomic mass is 32.2. The first-order chi connectivity index (χ1) is 10.1. The third kappa shape index (κ3) is 2.58. The van der Waals surface area contributed by atoms with Crippen molar-refractivity contribution in [2.24, 2.45) is 0 Å². The van der Waals surface area contributed by atoms with Crippen molar-refractivity contribution >= 4 is 10.0 Å². The van der Waals surface area contributed by atoms with E-state index in [9.17, 15) is 8.42 Å². The second-order valence-electron chi connectivity index (χ2n) is 5.10. The SMILES string of the molecule is CCc1ncc(S(=O)(=O)N2CCCC2c2ccncc2)[nH]1. The number of aromatic amines is 1. The minimum atomic E-state index is -3.53. The fourth-order valence-electron chi connectivity index (χ4n) is 2.73. The molecule has 2 aromatic heterocycles. The molecule has 1 N–H and O–H groups in total. The van der Waals surface area contributed by atoms with Crippen LogP contribution in [0.2, 0.25) is 0 Å². The molecule has 0 spiro atoms. The van der Waals surface area contributed by atoms with Crippen LogP contribution in [0, 0.1) is 0 Å². The molecule has 0 aliphatic carbocycles. The Balaban J connectivity index is 1.94. The van der Waals surface area contributed by atoms with E-state index in [0.717, 1.165) is 18.4 Å². The second kappa shape index (κ2) is 5.57. The van der Waals surface area contributed by atoms with Crippen LogP contribution in [0.4, 0.5) is 0 Å². The molecule has 0 radical (unpaired) electrons. The highest BCUT2D eigenvalue weighted by molar-refractivity contribution is 7.89. The summed E-state index contributed by atoms with van der Waals surface area (Å²) < 4.78 is 27.1. The van der Waals surface area contributed by atoms with E-state index in [4.69, 9.17) is 0 Å². The van der Waals surface area contributed by atoms with Gasteiger partial charge in [-0.15, -0.1) is 0 Å². The van der Waals surface area contributed by atoms with E-state index in [1.807, 2.05) is 19.1 Å². The molecular weight excluding hydrogens is 288 g/mol. The van der Waals surface area contributed by atoms with Gasteiger partial charge in [-0.2, -0.15) is 4.31 Å². The lowest BCUT2D eigenvalue weighted by molar-refractivity contribution is 0.395. The normalized spacial score (nSPS) is 20.0. The lowest BCUT2D eigenvalue weighted by atomic mass is 10.1. The zero-order chi connectivity index (χ0) is 14.9. The summed E-state index contributed by atoms with van der Waals surface area (Å²) >= 11 is 0. The number of aromatic nitrogens is 3. The first-order valence-electron chi connectivity index (χ1n) is 7.08. The minimum Gasteiger partial charge on any atom is -0.332 e. The van der Waals surface area contributed by atoms with Gasteiger partial charge in [-0.1, -0.05) is 6.92 Å². The zero-order valence-corrected chi connectivity index (χ0v) is 12.7. The first-order valence-corrected chi connectivity index (χ1v) is 8.52. The summed E-state index contributed by atoms with van der Waals surface area (Å²) in [6, 6.07) is 3.64. The Labute approximate surface area is 124 Å². The maximum Gasteiger partial charge on any atom is 0.260 e. The lowest BCUT2D eigenvalue weighted by Gasteiger charge is -2.23. The van der Waals surface area contributed by atoms with Crippen LogP contribution in [0.5, 0.6) is 0 Å². The maximum absolute atomic E-state index is 12.8. The van der Waals surface area contributed by atoms with Gasteiger partial charge in [0.2, 0.25) is 0 Å². The molecule has 1 aliphatic heterocycles. The third-order valence-electron chi connectivity index (χ3n) is 3.82. The first kappa shape index (κ1) is 14.2. The van der Waals surface area contributed by atoms with E-state index in [0.29, 0.717) is 18.8 Å². The molecule has 1 unspecified atom stereocenters. The number of pyridine rings is 1. The van der Waals surface area contributed by atoms with Gasteiger partial charge in [-0.05, 0) is 30.5 Å². The highest BCUT2D eigenvalue weighted by Crippen LogP contribution is 2.35. The molecule has 1 aliphatic rings. The van der Waals surface area contributed by atoms with Gasteiger partial charge in [0, 0.05) is 25.4 Å². The van der Waals surface area contributed by atoms with Gasteiger partial charge in [0.25, 0.3) is 10.0 Å². The van der Waals surface area contributed by atoms with Gasteiger partial charge >= 0.3 is 0 Å². The number of sulfonamides is 1. The van der Waals surface area contributed by atoms with E-state index < -0.39 is 10.0 Å². The Morgan fingerprint density at radius 1 is 1.38 bits per heavy atom. The topological polar surface area (TPSA) is 79.0 Å². The molecule has 6 nitrogen and oxygen atoms in total. The summed E-state index contributed by atoms with van der Waals surface area (Å²) in [6.45, 7) is 2.47. The summed E-state index contributed by atoms with van der Waals surface area (Å²) in [7, 11) is -3.53. The predicted octanol–water partition coefficient (Wildman–Crippen LogP) is 1.89. The average molecular weight is 306 g/mol. The Hall–Kier alpha value is -1.73. The Morgan fingerprint density at radius 3 is 2.81 bits per heavy atom. The number of hydrogen-bond acceptors (Lipinski definition) is 4. The van der Waals surface area contributed by atoms with Crippen molar-refractivity contribution in [1.82, 2.24) is 19.3 Å². The van der Waals surface area contributed by atoms with Crippen LogP contribution in [-0.4, -0.2) is 34.2 Å². The Bertz CT molecular complexity index is 712. The number of nitrogens with one attached hydrogen (secondary N) is 1. The quantitative estimate of drug-likeness (QED) is 0.935. The molecule has 0 amide bonds. The van der Waals surface area contributed by atoms with E-state index in [1.165, 1.54) is 6.20 Å². The van der Waals surface area contributed by atoms with Crippen LogP contribution in [-0.2, 0) is 16.4 Å². The van der Waals surface area contributed by atoms with Gasteiger partial charge in [-0.3, -0.25) is 4.98 Å². The van der Waals surface area contributed by atoms with Gasteiger partial charge < -0.3 is 4.98 Å². The molecule has 2 aromatic rings. The molecule has 21 heavy (non-hydrogen) atoms. The van der Waals surface area contributed by atoms with Crippen molar-refractivity contribution in [3.8, 4) is 0 Å². The molecule has 1 atom stereocenters. The lowest BCUT2D eigenvalue weighted by Crippen LogP contribution is -2.31. The van der Waals surface area contributed by atoms with Crippen molar-refractivity contribution in [3.05, 3.63) is 42.1 Å². The molecular formula is C14H18N4O2S. The number of nitrogens with zero attached hydrogens (tertiary/aromatic N) is 3. The zero-order valence-electron chi connectivity index (χ0n) is 11.9. The van der Waals surface area contributed by atoms with Gasteiger partial charge in [-0.25, -0.2) is 13.4 Å². The fourth-order valence-corrected chi connectivity index (χ4v) is 4.34. The number of hydrogen-bond donors (Lipinski definition) is 1. The highest BCUT2D eigenvalue weighted by Gasteiger charge is 2.37. The largest absolute Gasteiger partial charge is 0.332 e. The van der Waals surface area contributed by atoms with Crippen LogP contribution in [0.3, 0.4) is 0 Å². The third-order valence-corrected chi connectivity index (χ3v) is 5.64. The van der Waals surface area contributed by atoms with E-state index in [1.54, 1.807) is 16.7 Å². The van der Waals surface area contributed by atoms with Crippen LogP contribution >= 0.6 is 0 Å². The van der Waals surface area contributed by atoms with Crippen molar-refractivity contribution in [2.75, 3.05) is 6.54 Å². The Morgan fingerprint density at radius 2 is 2.14 bits per heavy atom. The molecule has 0 aromatic carbocycles. The molecule has 1 fully saturated rings. The van der Waals surface area contributed by atoms with Crippen molar-refractivity contribution < 1.29 is 8.42 Å². The monoisotopic (exact) mass is 306 g/mol. The smallest absolute Gasteiger partial charge is 0.260 e. The molecule has 3 rings (SSSR count). The predicted molar refractivity (Wildman–Crippen MR) is 78.1 cm³/mol.